The van der Waals surface area contributed by atoms with Crippen molar-refractivity contribution in [2.24, 2.45) is 0 Å². The van der Waals surface area contributed by atoms with E-state index in [-0.39, 0.29) is 17.2 Å². The quantitative estimate of drug-likeness (QED) is 0.763. The molecule has 0 saturated carbocycles. The molecule has 0 saturated heterocycles. The van der Waals surface area contributed by atoms with E-state index in [0.29, 0.717) is 5.06 Å². The Morgan fingerprint density at radius 1 is 1.43 bits per heavy atom. The summed E-state index contributed by atoms with van der Waals surface area (Å²) in [6.07, 6.45) is 0. The summed E-state index contributed by atoms with van der Waals surface area (Å²) in [6, 6.07) is 0. The fraction of sp³-hybridized carbons (Fsp3) is 0.400. The Morgan fingerprint density at radius 2 is 2.07 bits per heavy atom. The lowest BCUT2D eigenvalue weighted by atomic mass is 10.8. The second kappa shape index (κ2) is 4.29. The van der Waals surface area contributed by atoms with E-state index in [1.54, 1.807) is 0 Å². The highest BCUT2D eigenvalue weighted by Gasteiger charge is 2.13. The average Bonchev–Trinajstić information content (AvgIpc) is 2.00. The number of anilines is 2. The van der Waals surface area contributed by atoms with Crippen molar-refractivity contribution in [1.29, 1.82) is 0 Å². The predicted octanol–water partition coefficient (Wildman–Crippen LogP) is 0.698. The van der Waals surface area contributed by atoms with Crippen LogP contribution in [0.5, 0.6) is 0 Å². The van der Waals surface area contributed by atoms with Gasteiger partial charge in [0.2, 0.25) is 11.2 Å². The number of hydrogen-bond donors (Lipinski definition) is 1. The maximum absolute atomic E-state index is 11.8. The maximum Gasteiger partial charge on any atom is 0.365 e. The number of halogens is 3. The van der Waals surface area contributed by atoms with Crippen LogP contribution >= 0.6 is 11.6 Å². The van der Waals surface area contributed by atoms with E-state index in [4.69, 9.17) is 17.3 Å². The molecular weight excluding hydrogens is 220 g/mol. The smallest absolute Gasteiger partial charge is 0.365 e. The summed E-state index contributed by atoms with van der Waals surface area (Å²) in [4.78, 5) is 14.5. The van der Waals surface area contributed by atoms with Crippen LogP contribution in [0, 0.1) is 0 Å². The van der Waals surface area contributed by atoms with Crippen molar-refractivity contribution < 1.29 is 13.6 Å². The number of nitrogens with two attached hydrogens (primary N) is 1. The van der Waals surface area contributed by atoms with Gasteiger partial charge in [-0.05, 0) is 11.6 Å². The maximum atomic E-state index is 11.8. The number of aromatic nitrogens is 3. The minimum absolute atomic E-state index is 0.176. The van der Waals surface area contributed by atoms with Gasteiger partial charge in [-0.2, -0.15) is 23.7 Å². The number of rotatable bonds is 3. The third kappa shape index (κ3) is 2.89. The Labute approximate surface area is 82.6 Å². The molecule has 0 spiro atoms. The molecule has 0 aliphatic rings. The van der Waals surface area contributed by atoms with Gasteiger partial charge in [-0.25, -0.2) is 9.90 Å². The molecule has 78 valence electrons. The molecule has 1 aromatic rings. The van der Waals surface area contributed by atoms with Crippen molar-refractivity contribution in [2.45, 2.75) is 6.61 Å². The zero-order valence-electron chi connectivity index (χ0n) is 6.99. The van der Waals surface area contributed by atoms with Gasteiger partial charge in [0.1, 0.15) is 0 Å². The largest absolute Gasteiger partial charge is 0.368 e. The van der Waals surface area contributed by atoms with Gasteiger partial charge >= 0.3 is 6.61 Å². The van der Waals surface area contributed by atoms with E-state index in [0.717, 1.165) is 0 Å². The third-order valence-corrected chi connectivity index (χ3v) is 1.30. The van der Waals surface area contributed by atoms with Crippen LogP contribution in [0.15, 0.2) is 0 Å². The number of nitrogen functional groups attached to an aromatic ring is 1. The summed E-state index contributed by atoms with van der Waals surface area (Å²) in [5, 5.41) is 0.450. The lowest BCUT2D eigenvalue weighted by Gasteiger charge is -2.15. The van der Waals surface area contributed by atoms with E-state index in [1.807, 2.05) is 0 Å². The fourth-order valence-electron chi connectivity index (χ4n) is 0.662. The normalized spacial score (nSPS) is 10.6. The molecule has 0 radical (unpaired) electrons. The van der Waals surface area contributed by atoms with Crippen LogP contribution in [0.25, 0.3) is 0 Å². The summed E-state index contributed by atoms with van der Waals surface area (Å²) >= 11 is 5.42. The van der Waals surface area contributed by atoms with Crippen LogP contribution in [0.3, 0.4) is 0 Å². The van der Waals surface area contributed by atoms with Crippen molar-refractivity contribution in [3.8, 4) is 0 Å². The Morgan fingerprint density at radius 3 is 2.57 bits per heavy atom. The van der Waals surface area contributed by atoms with Gasteiger partial charge in [0.25, 0.3) is 5.95 Å². The van der Waals surface area contributed by atoms with Crippen molar-refractivity contribution in [2.75, 3.05) is 17.8 Å². The highest BCUT2D eigenvalue weighted by Crippen LogP contribution is 2.12. The summed E-state index contributed by atoms with van der Waals surface area (Å²) < 4.78 is 23.5. The highest BCUT2D eigenvalue weighted by atomic mass is 35.5. The highest BCUT2D eigenvalue weighted by molar-refractivity contribution is 6.28. The molecule has 9 heteroatoms. The van der Waals surface area contributed by atoms with Crippen molar-refractivity contribution in [3.63, 3.8) is 0 Å². The molecule has 0 bridgehead atoms. The first-order valence-corrected chi connectivity index (χ1v) is 3.72. The average molecular weight is 226 g/mol. The minimum atomic E-state index is -2.98. The standard InChI is InChI=1S/C5H6ClF2N5O/c1-13(14-3(7)8)5-11-2(6)10-4(9)12-5/h3H,1H3,(H2,9,10,11,12). The number of hydrogen-bond acceptors (Lipinski definition) is 6. The Kier molecular flexibility index (Phi) is 3.31. The van der Waals surface area contributed by atoms with Crippen molar-refractivity contribution in [1.82, 2.24) is 15.0 Å². The number of nitrogens with zero attached hydrogens (tertiary/aromatic N) is 4. The van der Waals surface area contributed by atoms with Crippen molar-refractivity contribution in [3.05, 3.63) is 5.28 Å². The molecule has 14 heavy (non-hydrogen) atoms. The molecule has 0 amide bonds. The zero-order valence-corrected chi connectivity index (χ0v) is 7.74. The topological polar surface area (TPSA) is 77.2 Å². The molecule has 0 atom stereocenters. The van der Waals surface area contributed by atoms with Crippen LogP contribution in [0.1, 0.15) is 0 Å². The molecule has 6 nitrogen and oxygen atoms in total. The molecule has 2 N–H and O–H groups in total. The lowest BCUT2D eigenvalue weighted by molar-refractivity contribution is -0.136. The van der Waals surface area contributed by atoms with Gasteiger partial charge in [-0.1, -0.05) is 0 Å². The molecule has 1 aromatic heterocycles. The fourth-order valence-corrected chi connectivity index (χ4v) is 0.824. The molecule has 1 rings (SSSR count). The van der Waals surface area contributed by atoms with E-state index < -0.39 is 6.61 Å². The van der Waals surface area contributed by atoms with Crippen LogP contribution in [-0.2, 0) is 4.84 Å². The second-order valence-electron chi connectivity index (χ2n) is 2.13. The third-order valence-electron chi connectivity index (χ3n) is 1.13. The van der Waals surface area contributed by atoms with Crippen LogP contribution < -0.4 is 10.8 Å². The minimum Gasteiger partial charge on any atom is -0.368 e. The predicted molar refractivity (Wildman–Crippen MR) is 44.7 cm³/mol. The van der Waals surface area contributed by atoms with Gasteiger partial charge in [-0.3, -0.25) is 0 Å². The van der Waals surface area contributed by atoms with E-state index >= 15 is 0 Å². The molecule has 0 aromatic carbocycles. The SMILES string of the molecule is CN(OC(F)F)c1nc(N)nc(Cl)n1. The number of alkyl halides is 2. The summed E-state index contributed by atoms with van der Waals surface area (Å²) in [7, 11) is 1.19. The molecule has 1 heterocycles. The van der Waals surface area contributed by atoms with E-state index in [1.165, 1.54) is 7.05 Å². The molecule has 0 aliphatic heterocycles. The van der Waals surface area contributed by atoms with Crippen LogP contribution in [0.2, 0.25) is 5.28 Å². The van der Waals surface area contributed by atoms with Gasteiger partial charge in [-0.15, -0.1) is 0 Å². The zero-order chi connectivity index (χ0) is 10.7. The van der Waals surface area contributed by atoms with E-state index in [2.05, 4.69) is 19.8 Å². The molecule has 0 aliphatic carbocycles. The van der Waals surface area contributed by atoms with Gasteiger partial charge < -0.3 is 5.73 Å². The first-order chi connectivity index (χ1) is 6.49. The monoisotopic (exact) mass is 225 g/mol. The lowest BCUT2D eigenvalue weighted by Crippen LogP contribution is -2.23. The molecule has 0 fully saturated rings. The summed E-state index contributed by atoms with van der Waals surface area (Å²) in [5.74, 6) is -0.368. The van der Waals surface area contributed by atoms with Crippen LogP contribution in [0.4, 0.5) is 20.7 Å². The van der Waals surface area contributed by atoms with E-state index in [9.17, 15) is 8.78 Å². The van der Waals surface area contributed by atoms with Crippen LogP contribution in [-0.4, -0.2) is 28.6 Å². The summed E-state index contributed by atoms with van der Waals surface area (Å²) in [6.45, 7) is -2.98. The van der Waals surface area contributed by atoms with Gasteiger partial charge in [0, 0.05) is 7.05 Å². The number of hydroxylamine groups is 1. The first kappa shape index (κ1) is 10.8. The second-order valence-corrected chi connectivity index (χ2v) is 2.46. The molecular formula is C5H6ClF2N5O. The Balaban J connectivity index is 2.84. The summed E-state index contributed by atoms with van der Waals surface area (Å²) in [5.41, 5.74) is 5.21. The van der Waals surface area contributed by atoms with Crippen molar-refractivity contribution >= 4 is 23.5 Å². The van der Waals surface area contributed by atoms with Gasteiger partial charge in [0.15, 0.2) is 0 Å². The first-order valence-electron chi connectivity index (χ1n) is 3.34. The Hall–Kier alpha value is -1.28. The van der Waals surface area contributed by atoms with Gasteiger partial charge in [0.05, 0.1) is 0 Å². The molecule has 0 unspecified atom stereocenters. The Bertz CT molecular complexity index is 305.